The van der Waals surface area contributed by atoms with Gasteiger partial charge in [0.25, 0.3) is 5.91 Å². The van der Waals surface area contributed by atoms with E-state index in [1.165, 1.54) is 0 Å². The van der Waals surface area contributed by atoms with Gasteiger partial charge in [-0.25, -0.2) is 0 Å². The largest absolute Gasteiger partial charge is 0.454 e. The van der Waals surface area contributed by atoms with Crippen LogP contribution < -0.4 is 5.32 Å². The summed E-state index contributed by atoms with van der Waals surface area (Å²) in [6.07, 6.45) is 0.660. The van der Waals surface area contributed by atoms with Gasteiger partial charge in [-0.15, -0.1) is 23.2 Å². The van der Waals surface area contributed by atoms with Crippen LogP contribution in [0.5, 0.6) is 0 Å². The lowest BCUT2D eigenvalue weighted by molar-refractivity contribution is -0.154. The zero-order valence-electron chi connectivity index (χ0n) is 14.7. The molecule has 3 amide bonds. The van der Waals surface area contributed by atoms with Crippen LogP contribution >= 0.6 is 23.2 Å². The van der Waals surface area contributed by atoms with E-state index in [0.717, 1.165) is 4.90 Å². The number of anilines is 1. The van der Waals surface area contributed by atoms with Gasteiger partial charge in [0, 0.05) is 5.69 Å². The molecule has 1 N–H and O–H groups in total. The molecule has 28 heavy (non-hydrogen) atoms. The molecule has 2 bridgehead atoms. The van der Waals surface area contributed by atoms with Gasteiger partial charge in [-0.2, -0.15) is 0 Å². The highest BCUT2D eigenvalue weighted by molar-refractivity contribution is 6.31. The molecule has 6 atom stereocenters. The lowest BCUT2D eigenvalue weighted by Gasteiger charge is -2.28. The van der Waals surface area contributed by atoms with E-state index < -0.39 is 48.7 Å². The Labute approximate surface area is 171 Å². The van der Waals surface area contributed by atoms with Crippen molar-refractivity contribution in [3.8, 4) is 0 Å². The summed E-state index contributed by atoms with van der Waals surface area (Å²) in [7, 11) is 0. The summed E-state index contributed by atoms with van der Waals surface area (Å²) in [5.74, 6) is -3.44. The van der Waals surface area contributed by atoms with Crippen molar-refractivity contribution < 1.29 is 23.9 Å². The number of hydrogen-bond acceptors (Lipinski definition) is 5. The second-order valence-corrected chi connectivity index (χ2v) is 8.35. The number of ether oxygens (including phenoxy) is 1. The number of rotatable bonds is 5. The summed E-state index contributed by atoms with van der Waals surface area (Å²) in [5, 5.41) is 1.88. The van der Waals surface area contributed by atoms with Gasteiger partial charge in [0.1, 0.15) is 6.54 Å². The zero-order chi connectivity index (χ0) is 20.0. The number of fused-ring (bicyclic) bond motifs is 5. The van der Waals surface area contributed by atoms with Gasteiger partial charge in [0.15, 0.2) is 6.61 Å². The predicted octanol–water partition coefficient (Wildman–Crippen LogP) is 1.63. The smallest absolute Gasteiger partial charge is 0.326 e. The van der Waals surface area contributed by atoms with E-state index in [9.17, 15) is 19.2 Å². The maximum atomic E-state index is 12.7. The van der Waals surface area contributed by atoms with Crippen LogP contribution in [0.15, 0.2) is 30.3 Å². The number of amides is 3. The number of likely N-dealkylation sites (tertiary alicyclic amines) is 1. The number of carbonyl (C=O) groups is 4. The van der Waals surface area contributed by atoms with E-state index in [0.29, 0.717) is 12.1 Å². The molecule has 0 aromatic heterocycles. The third kappa shape index (κ3) is 3.16. The molecule has 1 aromatic carbocycles. The Morgan fingerprint density at radius 3 is 2.18 bits per heavy atom. The monoisotopic (exact) mass is 424 g/mol. The Hall–Kier alpha value is -2.12. The Morgan fingerprint density at radius 2 is 1.61 bits per heavy atom. The Morgan fingerprint density at radius 1 is 1.04 bits per heavy atom. The van der Waals surface area contributed by atoms with E-state index in [4.69, 9.17) is 27.9 Å². The van der Waals surface area contributed by atoms with Crippen LogP contribution in [-0.4, -0.2) is 52.5 Å². The molecule has 0 spiro atoms. The lowest BCUT2D eigenvalue weighted by Crippen LogP contribution is -2.38. The summed E-state index contributed by atoms with van der Waals surface area (Å²) >= 11 is 12.6. The zero-order valence-corrected chi connectivity index (χ0v) is 16.2. The number of halogens is 2. The third-order valence-electron chi connectivity index (χ3n) is 5.79. The lowest BCUT2D eigenvalue weighted by atomic mass is 9.80. The minimum Gasteiger partial charge on any atom is -0.454 e. The SMILES string of the molecule is O=C(COC(=O)CN1C(=O)[C@@H]2[C@H]3C[C@@H]([C@H](Cl)[C@H]3Cl)[C@@H]2C1=O)Nc1ccccc1. The molecule has 0 unspecified atom stereocenters. The predicted molar refractivity (Wildman–Crippen MR) is 101 cm³/mol. The normalized spacial score (nSPS) is 33.1. The van der Waals surface area contributed by atoms with E-state index in [-0.39, 0.29) is 22.6 Å². The first kappa shape index (κ1) is 19.2. The average molecular weight is 425 g/mol. The number of benzene rings is 1. The minimum absolute atomic E-state index is 0.145. The number of esters is 1. The second kappa shape index (κ2) is 7.37. The number of alkyl halides is 2. The molecule has 1 saturated heterocycles. The molecular formula is C19H18Cl2N2O5. The Bertz CT molecular complexity index is 801. The summed E-state index contributed by atoms with van der Waals surface area (Å²) in [4.78, 5) is 50.2. The van der Waals surface area contributed by atoms with Gasteiger partial charge < -0.3 is 10.1 Å². The number of para-hydroxylation sites is 1. The molecule has 1 aromatic rings. The van der Waals surface area contributed by atoms with Crippen LogP contribution in [0.4, 0.5) is 5.69 Å². The van der Waals surface area contributed by atoms with Gasteiger partial charge >= 0.3 is 5.97 Å². The van der Waals surface area contributed by atoms with Gasteiger partial charge in [0.05, 0.1) is 22.6 Å². The van der Waals surface area contributed by atoms with Crippen molar-refractivity contribution in [3.05, 3.63) is 30.3 Å². The quantitative estimate of drug-likeness (QED) is 0.440. The maximum absolute atomic E-state index is 12.7. The summed E-state index contributed by atoms with van der Waals surface area (Å²) in [6.45, 7) is -1.02. The maximum Gasteiger partial charge on any atom is 0.326 e. The highest BCUT2D eigenvalue weighted by Gasteiger charge is 2.66. The summed E-state index contributed by atoms with van der Waals surface area (Å²) in [6, 6.07) is 8.71. The van der Waals surface area contributed by atoms with Crippen LogP contribution in [0.25, 0.3) is 0 Å². The second-order valence-electron chi connectivity index (χ2n) is 7.34. The fraction of sp³-hybridized carbons (Fsp3) is 0.474. The highest BCUT2D eigenvalue weighted by atomic mass is 35.5. The molecule has 2 aliphatic carbocycles. The first-order valence-electron chi connectivity index (χ1n) is 9.02. The van der Waals surface area contributed by atoms with Crippen molar-refractivity contribution in [3.63, 3.8) is 0 Å². The molecule has 148 valence electrons. The molecule has 1 aliphatic heterocycles. The van der Waals surface area contributed by atoms with Gasteiger partial charge in [-0.05, 0) is 30.4 Å². The van der Waals surface area contributed by atoms with Crippen molar-refractivity contribution in [2.45, 2.75) is 17.2 Å². The van der Waals surface area contributed by atoms with Gasteiger partial charge in [-0.3, -0.25) is 24.1 Å². The molecule has 9 heteroatoms. The van der Waals surface area contributed by atoms with Crippen LogP contribution in [0.2, 0.25) is 0 Å². The topological polar surface area (TPSA) is 92.8 Å². The number of carbonyl (C=O) groups excluding carboxylic acids is 4. The molecule has 4 rings (SSSR count). The van der Waals surface area contributed by atoms with Gasteiger partial charge in [-0.1, -0.05) is 18.2 Å². The van der Waals surface area contributed by atoms with Crippen molar-refractivity contribution in [1.82, 2.24) is 4.90 Å². The number of hydrogen-bond donors (Lipinski definition) is 1. The average Bonchev–Trinajstić information content (AvgIpc) is 3.28. The van der Waals surface area contributed by atoms with Crippen molar-refractivity contribution in [2.24, 2.45) is 23.7 Å². The minimum atomic E-state index is -0.818. The third-order valence-corrected chi connectivity index (χ3v) is 7.11. The molecule has 3 aliphatic rings. The molecule has 2 saturated carbocycles. The van der Waals surface area contributed by atoms with Crippen molar-refractivity contribution in [1.29, 1.82) is 0 Å². The van der Waals surface area contributed by atoms with Crippen LogP contribution in [0.3, 0.4) is 0 Å². The Kier molecular flexibility index (Phi) is 5.05. The summed E-state index contributed by atoms with van der Waals surface area (Å²) < 4.78 is 4.92. The number of imide groups is 1. The van der Waals surface area contributed by atoms with Crippen LogP contribution in [-0.2, 0) is 23.9 Å². The first-order chi connectivity index (χ1) is 13.4. The van der Waals surface area contributed by atoms with E-state index in [1.807, 2.05) is 0 Å². The fourth-order valence-corrected chi connectivity index (χ4v) is 5.50. The first-order valence-corrected chi connectivity index (χ1v) is 9.89. The fourth-order valence-electron chi connectivity index (χ4n) is 4.61. The van der Waals surface area contributed by atoms with Crippen LogP contribution in [0, 0.1) is 23.7 Å². The van der Waals surface area contributed by atoms with E-state index in [2.05, 4.69) is 5.32 Å². The summed E-state index contributed by atoms with van der Waals surface area (Å²) in [5.41, 5.74) is 0.572. The Balaban J connectivity index is 1.32. The van der Waals surface area contributed by atoms with E-state index in [1.54, 1.807) is 30.3 Å². The standard InChI is InChI=1S/C19H18Cl2N2O5/c20-16-10-6-11(17(16)21)15-14(10)18(26)23(19(15)27)7-13(25)28-8-12(24)22-9-4-2-1-3-5-9/h1-5,10-11,14-17H,6-8H2,(H,22,24)/t10-,11-,14-,15+,16+,17+/m1/s1. The molecule has 1 heterocycles. The van der Waals surface area contributed by atoms with E-state index >= 15 is 0 Å². The van der Waals surface area contributed by atoms with Crippen molar-refractivity contribution in [2.75, 3.05) is 18.5 Å². The number of nitrogens with one attached hydrogen (secondary N) is 1. The highest BCUT2D eigenvalue weighted by Crippen LogP contribution is 2.59. The molecule has 3 fully saturated rings. The molecule has 0 radical (unpaired) electrons. The van der Waals surface area contributed by atoms with Crippen LogP contribution in [0.1, 0.15) is 6.42 Å². The molecule has 7 nitrogen and oxygen atoms in total. The number of nitrogens with zero attached hydrogens (tertiary/aromatic N) is 1. The molecular weight excluding hydrogens is 407 g/mol. The van der Waals surface area contributed by atoms with Gasteiger partial charge in [0.2, 0.25) is 11.8 Å². The van der Waals surface area contributed by atoms with Crippen molar-refractivity contribution >= 4 is 52.6 Å².